The Morgan fingerprint density at radius 2 is 2.26 bits per heavy atom. The van der Waals surface area contributed by atoms with Crippen LogP contribution in [0.25, 0.3) is 0 Å². The molecule has 0 aromatic carbocycles. The lowest BCUT2D eigenvalue weighted by molar-refractivity contribution is -0.121. The average molecular weight is 279 g/mol. The van der Waals surface area contributed by atoms with Crippen molar-refractivity contribution < 1.29 is 9.32 Å². The van der Waals surface area contributed by atoms with E-state index in [0.717, 1.165) is 6.42 Å². The molecule has 0 saturated heterocycles. The first-order valence-electron chi connectivity index (χ1n) is 6.24. The third-order valence-corrected chi connectivity index (χ3v) is 3.62. The SMILES string of the molecule is Cc1noc(CCCC(=O)NCc2ccc(C)s2)n1. The van der Waals surface area contributed by atoms with Crippen LogP contribution < -0.4 is 5.32 Å². The second-order valence-corrected chi connectivity index (χ2v) is 5.75. The summed E-state index contributed by atoms with van der Waals surface area (Å²) in [5.41, 5.74) is 0. The van der Waals surface area contributed by atoms with Crippen molar-refractivity contribution in [1.82, 2.24) is 15.5 Å². The van der Waals surface area contributed by atoms with Crippen molar-refractivity contribution in [2.24, 2.45) is 0 Å². The predicted octanol–water partition coefficient (Wildman–Crippen LogP) is 2.39. The number of nitrogens with one attached hydrogen (secondary N) is 1. The number of carbonyl (C=O) groups is 1. The number of carbonyl (C=O) groups excluding carboxylic acids is 1. The Bertz CT molecular complexity index is 548. The van der Waals surface area contributed by atoms with Gasteiger partial charge in [0.2, 0.25) is 11.8 Å². The highest BCUT2D eigenvalue weighted by molar-refractivity contribution is 7.11. The molecule has 102 valence electrons. The number of nitrogens with zero attached hydrogens (tertiary/aromatic N) is 2. The molecular weight excluding hydrogens is 262 g/mol. The number of aromatic nitrogens is 2. The molecule has 0 radical (unpaired) electrons. The van der Waals surface area contributed by atoms with Crippen LogP contribution in [0.1, 0.15) is 34.3 Å². The zero-order valence-electron chi connectivity index (χ0n) is 11.1. The molecule has 1 amide bonds. The van der Waals surface area contributed by atoms with Crippen LogP contribution in [0.4, 0.5) is 0 Å². The van der Waals surface area contributed by atoms with Crippen LogP contribution in [-0.4, -0.2) is 16.0 Å². The molecule has 19 heavy (non-hydrogen) atoms. The minimum Gasteiger partial charge on any atom is -0.351 e. The van der Waals surface area contributed by atoms with Crippen LogP contribution >= 0.6 is 11.3 Å². The van der Waals surface area contributed by atoms with Gasteiger partial charge >= 0.3 is 0 Å². The molecular formula is C13H17N3O2S. The monoisotopic (exact) mass is 279 g/mol. The Labute approximate surface area is 116 Å². The van der Waals surface area contributed by atoms with E-state index in [-0.39, 0.29) is 5.91 Å². The van der Waals surface area contributed by atoms with Crippen LogP contribution in [0.2, 0.25) is 0 Å². The summed E-state index contributed by atoms with van der Waals surface area (Å²) in [5.74, 6) is 1.29. The molecule has 5 nitrogen and oxygen atoms in total. The molecule has 0 fully saturated rings. The topological polar surface area (TPSA) is 68.0 Å². The van der Waals surface area contributed by atoms with Gasteiger partial charge < -0.3 is 9.84 Å². The van der Waals surface area contributed by atoms with Gasteiger partial charge in [-0.15, -0.1) is 11.3 Å². The molecule has 0 atom stereocenters. The van der Waals surface area contributed by atoms with Crippen molar-refractivity contribution in [3.63, 3.8) is 0 Å². The predicted molar refractivity (Wildman–Crippen MR) is 72.9 cm³/mol. The van der Waals surface area contributed by atoms with Crippen molar-refractivity contribution in [3.8, 4) is 0 Å². The summed E-state index contributed by atoms with van der Waals surface area (Å²) in [6, 6.07) is 4.10. The van der Waals surface area contributed by atoms with E-state index in [1.54, 1.807) is 18.3 Å². The highest BCUT2D eigenvalue weighted by atomic mass is 32.1. The summed E-state index contributed by atoms with van der Waals surface area (Å²) >= 11 is 1.71. The smallest absolute Gasteiger partial charge is 0.226 e. The zero-order chi connectivity index (χ0) is 13.7. The Hall–Kier alpha value is -1.69. The quantitative estimate of drug-likeness (QED) is 0.881. The molecule has 2 aromatic rings. The number of rotatable bonds is 6. The summed E-state index contributed by atoms with van der Waals surface area (Å²) in [4.78, 5) is 18.2. The van der Waals surface area contributed by atoms with E-state index >= 15 is 0 Å². The second-order valence-electron chi connectivity index (χ2n) is 4.38. The molecule has 2 heterocycles. The van der Waals surface area contributed by atoms with Gasteiger partial charge in [-0.1, -0.05) is 5.16 Å². The number of hydrogen-bond donors (Lipinski definition) is 1. The average Bonchev–Trinajstić information content (AvgIpc) is 2.96. The highest BCUT2D eigenvalue weighted by Crippen LogP contribution is 2.14. The van der Waals surface area contributed by atoms with Crippen molar-refractivity contribution in [1.29, 1.82) is 0 Å². The molecule has 0 bridgehead atoms. The number of thiophene rings is 1. The van der Waals surface area contributed by atoms with E-state index in [2.05, 4.69) is 28.4 Å². The van der Waals surface area contributed by atoms with Gasteiger partial charge in [0.1, 0.15) is 0 Å². The fourth-order valence-electron chi connectivity index (χ4n) is 1.70. The van der Waals surface area contributed by atoms with Gasteiger partial charge in [-0.05, 0) is 32.4 Å². The van der Waals surface area contributed by atoms with Gasteiger partial charge in [-0.2, -0.15) is 4.98 Å². The molecule has 1 N–H and O–H groups in total. The van der Waals surface area contributed by atoms with Crippen LogP contribution in [-0.2, 0) is 17.8 Å². The number of amides is 1. The van der Waals surface area contributed by atoms with Crippen LogP contribution in [0, 0.1) is 13.8 Å². The molecule has 0 spiro atoms. The summed E-state index contributed by atoms with van der Waals surface area (Å²) < 4.78 is 4.99. The standard InChI is InChI=1S/C13H17N3O2S/c1-9-6-7-11(19-9)8-14-12(17)4-3-5-13-15-10(2)16-18-13/h6-7H,3-5,8H2,1-2H3,(H,14,17). The van der Waals surface area contributed by atoms with Crippen molar-refractivity contribution >= 4 is 17.2 Å². The molecule has 0 aliphatic rings. The van der Waals surface area contributed by atoms with Gasteiger partial charge in [0.25, 0.3) is 0 Å². The van der Waals surface area contributed by atoms with Gasteiger partial charge in [-0.25, -0.2) is 0 Å². The zero-order valence-corrected chi connectivity index (χ0v) is 11.9. The lowest BCUT2D eigenvalue weighted by atomic mass is 10.2. The van der Waals surface area contributed by atoms with Crippen LogP contribution in [0.15, 0.2) is 16.7 Å². The van der Waals surface area contributed by atoms with E-state index < -0.39 is 0 Å². The lowest BCUT2D eigenvalue weighted by Gasteiger charge is -2.02. The molecule has 6 heteroatoms. The van der Waals surface area contributed by atoms with Crippen molar-refractivity contribution in [2.75, 3.05) is 0 Å². The Morgan fingerprint density at radius 3 is 2.89 bits per heavy atom. The maximum Gasteiger partial charge on any atom is 0.226 e. The van der Waals surface area contributed by atoms with Crippen molar-refractivity contribution in [3.05, 3.63) is 33.6 Å². The Morgan fingerprint density at radius 1 is 1.42 bits per heavy atom. The Balaban J connectivity index is 1.64. The van der Waals surface area contributed by atoms with E-state index in [4.69, 9.17) is 4.52 Å². The largest absolute Gasteiger partial charge is 0.351 e. The van der Waals surface area contributed by atoms with E-state index in [1.165, 1.54) is 9.75 Å². The van der Waals surface area contributed by atoms with Gasteiger partial charge in [0.05, 0.1) is 6.54 Å². The summed E-state index contributed by atoms with van der Waals surface area (Å²) in [6.07, 6.45) is 1.84. The molecule has 2 aromatic heterocycles. The highest BCUT2D eigenvalue weighted by Gasteiger charge is 2.06. The maximum absolute atomic E-state index is 11.6. The van der Waals surface area contributed by atoms with Gasteiger partial charge in [0.15, 0.2) is 5.82 Å². The molecule has 0 unspecified atom stereocenters. The molecule has 0 saturated carbocycles. The normalized spacial score (nSPS) is 10.6. The van der Waals surface area contributed by atoms with Crippen molar-refractivity contribution in [2.45, 2.75) is 39.7 Å². The van der Waals surface area contributed by atoms with Gasteiger partial charge in [-0.3, -0.25) is 4.79 Å². The minimum absolute atomic E-state index is 0.0577. The molecule has 0 aliphatic carbocycles. The first-order chi connectivity index (χ1) is 9.13. The third-order valence-electron chi connectivity index (χ3n) is 2.62. The fourth-order valence-corrected chi connectivity index (χ4v) is 2.53. The first-order valence-corrected chi connectivity index (χ1v) is 7.06. The van der Waals surface area contributed by atoms with Gasteiger partial charge in [0, 0.05) is 22.6 Å². The Kier molecular flexibility index (Phi) is 4.68. The van der Waals surface area contributed by atoms with E-state index in [9.17, 15) is 4.79 Å². The number of aryl methyl sites for hydroxylation is 3. The third kappa shape index (κ3) is 4.48. The van der Waals surface area contributed by atoms with Crippen LogP contribution in [0.3, 0.4) is 0 Å². The summed E-state index contributed by atoms with van der Waals surface area (Å²) in [6.45, 7) is 4.45. The maximum atomic E-state index is 11.6. The summed E-state index contributed by atoms with van der Waals surface area (Å²) in [5, 5.41) is 6.62. The number of hydrogen-bond acceptors (Lipinski definition) is 5. The van der Waals surface area contributed by atoms with E-state index in [0.29, 0.717) is 31.1 Å². The minimum atomic E-state index is 0.0577. The first kappa shape index (κ1) is 13.7. The fraction of sp³-hybridized carbons (Fsp3) is 0.462. The molecule has 0 aliphatic heterocycles. The lowest BCUT2D eigenvalue weighted by Crippen LogP contribution is -2.21. The molecule has 2 rings (SSSR count). The second kappa shape index (κ2) is 6.47. The van der Waals surface area contributed by atoms with Crippen LogP contribution in [0.5, 0.6) is 0 Å². The summed E-state index contributed by atoms with van der Waals surface area (Å²) in [7, 11) is 0. The van der Waals surface area contributed by atoms with E-state index in [1.807, 2.05) is 6.07 Å².